The summed E-state index contributed by atoms with van der Waals surface area (Å²) in [7, 11) is 0. The van der Waals surface area contributed by atoms with E-state index >= 15 is 0 Å². The minimum Gasteiger partial charge on any atom is -0.381 e. The van der Waals surface area contributed by atoms with Gasteiger partial charge in [-0.25, -0.2) is 0 Å². The predicted molar refractivity (Wildman–Crippen MR) is 78.6 cm³/mol. The smallest absolute Gasteiger partial charge is 0.228 e. The van der Waals surface area contributed by atoms with Crippen LogP contribution in [-0.2, 0) is 14.3 Å². The van der Waals surface area contributed by atoms with Gasteiger partial charge in [-0.15, -0.1) is 6.58 Å². The fraction of sp³-hybridized carbons (Fsp3) is 0.750. The zero-order valence-corrected chi connectivity index (χ0v) is 12.5. The molecule has 2 aliphatic heterocycles. The summed E-state index contributed by atoms with van der Waals surface area (Å²) in [6, 6.07) is 0.714. The van der Waals surface area contributed by atoms with Crippen molar-refractivity contribution in [2.24, 2.45) is 5.92 Å². The molecule has 5 nitrogen and oxygen atoms in total. The van der Waals surface area contributed by atoms with Crippen LogP contribution in [0, 0.1) is 5.92 Å². The normalized spacial score (nSPS) is 27.0. The van der Waals surface area contributed by atoms with E-state index in [1.165, 1.54) is 0 Å². The van der Waals surface area contributed by atoms with E-state index in [4.69, 9.17) is 4.74 Å². The molecule has 0 radical (unpaired) electrons. The molecule has 0 aromatic rings. The molecule has 0 aromatic carbocycles. The number of likely N-dealkylation sites (tertiary alicyclic amines) is 1. The molecule has 1 unspecified atom stereocenters. The van der Waals surface area contributed by atoms with Gasteiger partial charge in [0.25, 0.3) is 0 Å². The van der Waals surface area contributed by atoms with Crippen LogP contribution < -0.4 is 0 Å². The molecule has 0 N–H and O–H groups in total. The number of ether oxygens (including phenoxy) is 1. The second-order valence-corrected chi connectivity index (χ2v) is 6.31. The molecule has 3 rings (SSSR count). The Morgan fingerprint density at radius 1 is 1.29 bits per heavy atom. The Balaban J connectivity index is 1.67. The summed E-state index contributed by atoms with van der Waals surface area (Å²) in [6.07, 6.45) is 6.17. The Labute approximate surface area is 125 Å². The average molecular weight is 292 g/mol. The van der Waals surface area contributed by atoms with E-state index in [9.17, 15) is 9.59 Å². The molecule has 0 aromatic heterocycles. The number of hydrogen-bond donors (Lipinski definition) is 0. The van der Waals surface area contributed by atoms with Gasteiger partial charge in [0, 0.05) is 44.8 Å². The lowest BCUT2D eigenvalue weighted by Gasteiger charge is -2.36. The van der Waals surface area contributed by atoms with Crippen molar-refractivity contribution in [3.63, 3.8) is 0 Å². The van der Waals surface area contributed by atoms with Gasteiger partial charge in [0.15, 0.2) is 0 Å². The minimum absolute atomic E-state index is 0.0796. The van der Waals surface area contributed by atoms with Crippen LogP contribution in [0.4, 0.5) is 0 Å². The maximum Gasteiger partial charge on any atom is 0.228 e. The van der Waals surface area contributed by atoms with Gasteiger partial charge in [0.2, 0.25) is 11.8 Å². The zero-order chi connectivity index (χ0) is 14.8. The lowest BCUT2D eigenvalue weighted by atomic mass is 10.0. The Hall–Kier alpha value is -1.36. The first-order valence-corrected chi connectivity index (χ1v) is 7.99. The first-order valence-electron chi connectivity index (χ1n) is 7.99. The number of rotatable bonds is 5. The highest BCUT2D eigenvalue weighted by Crippen LogP contribution is 2.34. The fourth-order valence-electron chi connectivity index (χ4n) is 3.45. The summed E-state index contributed by atoms with van der Waals surface area (Å²) in [5.41, 5.74) is 0. The third-order valence-electron chi connectivity index (χ3n) is 4.69. The van der Waals surface area contributed by atoms with E-state index in [0.29, 0.717) is 31.6 Å². The molecule has 1 aliphatic carbocycles. The maximum absolute atomic E-state index is 12.9. The van der Waals surface area contributed by atoms with Crippen LogP contribution in [0.25, 0.3) is 0 Å². The number of carbonyl (C=O) groups excluding carboxylic acids is 2. The summed E-state index contributed by atoms with van der Waals surface area (Å²) < 4.78 is 5.41. The second kappa shape index (κ2) is 6.18. The molecule has 116 valence electrons. The third-order valence-corrected chi connectivity index (χ3v) is 4.69. The van der Waals surface area contributed by atoms with Crippen LogP contribution in [0.3, 0.4) is 0 Å². The molecule has 2 amide bonds. The summed E-state index contributed by atoms with van der Waals surface area (Å²) in [6.45, 7) is 6.26. The molecule has 2 heterocycles. The third kappa shape index (κ3) is 3.12. The largest absolute Gasteiger partial charge is 0.381 e. The zero-order valence-electron chi connectivity index (χ0n) is 12.5. The van der Waals surface area contributed by atoms with Crippen LogP contribution in [-0.4, -0.2) is 60.0 Å². The van der Waals surface area contributed by atoms with Crippen LogP contribution in [0.15, 0.2) is 12.7 Å². The molecule has 3 fully saturated rings. The molecular formula is C16H24N2O3. The van der Waals surface area contributed by atoms with Crippen molar-refractivity contribution >= 4 is 11.8 Å². The molecule has 2 saturated heterocycles. The number of amides is 2. The standard InChI is InChI=1S/C16H24N2O3/c1-2-7-17-11-12(10-15(17)19)16(20)18(13-3-4-13)14-5-8-21-9-6-14/h2,12-14H,1,3-11H2. The predicted octanol–water partition coefficient (Wildman–Crippen LogP) is 1.19. The van der Waals surface area contributed by atoms with Gasteiger partial charge < -0.3 is 14.5 Å². The maximum atomic E-state index is 12.9. The van der Waals surface area contributed by atoms with Crippen LogP contribution in [0.5, 0.6) is 0 Å². The van der Waals surface area contributed by atoms with Gasteiger partial charge in [-0.2, -0.15) is 0 Å². The van der Waals surface area contributed by atoms with Crippen molar-refractivity contribution in [2.45, 2.75) is 44.2 Å². The van der Waals surface area contributed by atoms with Crippen molar-refractivity contribution in [2.75, 3.05) is 26.3 Å². The summed E-state index contributed by atoms with van der Waals surface area (Å²) in [5, 5.41) is 0. The average Bonchev–Trinajstić information content (AvgIpc) is 3.25. The monoisotopic (exact) mass is 292 g/mol. The Kier molecular flexibility index (Phi) is 4.29. The fourth-order valence-corrected chi connectivity index (χ4v) is 3.45. The summed E-state index contributed by atoms with van der Waals surface area (Å²) >= 11 is 0. The van der Waals surface area contributed by atoms with Gasteiger partial charge in [0.05, 0.1) is 5.92 Å². The second-order valence-electron chi connectivity index (χ2n) is 6.31. The first kappa shape index (κ1) is 14.6. The molecule has 1 atom stereocenters. The molecule has 3 aliphatic rings. The lowest BCUT2D eigenvalue weighted by Crippen LogP contribution is -2.47. The van der Waals surface area contributed by atoms with Gasteiger partial charge >= 0.3 is 0 Å². The van der Waals surface area contributed by atoms with Crippen molar-refractivity contribution in [3.05, 3.63) is 12.7 Å². The molecule has 5 heteroatoms. The molecule has 1 saturated carbocycles. The molecule has 0 bridgehead atoms. The molecule has 0 spiro atoms. The van der Waals surface area contributed by atoms with E-state index in [0.717, 1.165) is 38.9 Å². The van der Waals surface area contributed by atoms with Crippen molar-refractivity contribution < 1.29 is 14.3 Å². The summed E-state index contributed by atoms with van der Waals surface area (Å²) in [5.74, 6) is 0.0983. The van der Waals surface area contributed by atoms with Crippen molar-refractivity contribution in [1.29, 1.82) is 0 Å². The van der Waals surface area contributed by atoms with E-state index in [-0.39, 0.29) is 17.7 Å². The van der Waals surface area contributed by atoms with Gasteiger partial charge in [-0.05, 0) is 25.7 Å². The van der Waals surface area contributed by atoms with Crippen molar-refractivity contribution in [3.8, 4) is 0 Å². The van der Waals surface area contributed by atoms with Gasteiger partial charge in [-0.1, -0.05) is 6.08 Å². The number of carbonyl (C=O) groups is 2. The highest BCUT2D eigenvalue weighted by molar-refractivity contribution is 5.89. The quantitative estimate of drug-likeness (QED) is 0.715. The van der Waals surface area contributed by atoms with Crippen LogP contribution >= 0.6 is 0 Å². The van der Waals surface area contributed by atoms with Gasteiger partial charge in [-0.3, -0.25) is 9.59 Å². The number of nitrogens with zero attached hydrogens (tertiary/aromatic N) is 2. The van der Waals surface area contributed by atoms with E-state index < -0.39 is 0 Å². The van der Waals surface area contributed by atoms with Gasteiger partial charge in [0.1, 0.15) is 0 Å². The topological polar surface area (TPSA) is 49.9 Å². The lowest BCUT2D eigenvalue weighted by molar-refractivity contribution is -0.140. The van der Waals surface area contributed by atoms with Crippen LogP contribution in [0.1, 0.15) is 32.1 Å². The highest BCUT2D eigenvalue weighted by Gasteiger charge is 2.43. The van der Waals surface area contributed by atoms with Crippen LogP contribution in [0.2, 0.25) is 0 Å². The molecular weight excluding hydrogens is 268 g/mol. The SMILES string of the molecule is C=CCN1CC(C(=O)N(C2CCOCC2)C2CC2)CC1=O. The number of hydrogen-bond acceptors (Lipinski definition) is 3. The Bertz CT molecular complexity index is 427. The highest BCUT2D eigenvalue weighted by atomic mass is 16.5. The van der Waals surface area contributed by atoms with E-state index in [1.807, 2.05) is 0 Å². The Morgan fingerprint density at radius 2 is 1.95 bits per heavy atom. The van der Waals surface area contributed by atoms with E-state index in [1.54, 1.807) is 11.0 Å². The first-order chi connectivity index (χ1) is 10.2. The Morgan fingerprint density at radius 3 is 2.57 bits per heavy atom. The minimum atomic E-state index is -0.166. The summed E-state index contributed by atoms with van der Waals surface area (Å²) in [4.78, 5) is 28.7. The molecule has 21 heavy (non-hydrogen) atoms. The van der Waals surface area contributed by atoms with Crippen molar-refractivity contribution in [1.82, 2.24) is 9.80 Å². The van der Waals surface area contributed by atoms with E-state index in [2.05, 4.69) is 11.5 Å².